The van der Waals surface area contributed by atoms with Crippen molar-refractivity contribution in [3.63, 3.8) is 0 Å². The van der Waals surface area contributed by atoms with Gasteiger partial charge in [-0.05, 0) is 25.3 Å². The maximum absolute atomic E-state index is 11.3. The number of hydrogen-bond acceptors (Lipinski definition) is 5. The molecule has 0 aliphatic carbocycles. The predicted octanol–water partition coefficient (Wildman–Crippen LogP) is 1.15. The van der Waals surface area contributed by atoms with E-state index in [-0.39, 0.29) is 0 Å². The van der Waals surface area contributed by atoms with E-state index in [0.717, 1.165) is 49.7 Å². The van der Waals surface area contributed by atoms with Gasteiger partial charge >= 0.3 is 0 Å². The van der Waals surface area contributed by atoms with Crippen LogP contribution in [0.15, 0.2) is 18.5 Å². The van der Waals surface area contributed by atoms with Crippen molar-refractivity contribution >= 4 is 11.6 Å². The monoisotopic (exact) mass is 300 g/mol. The third-order valence-corrected chi connectivity index (χ3v) is 3.92. The predicted molar refractivity (Wildman–Crippen MR) is 82.5 cm³/mol. The highest BCUT2D eigenvalue weighted by atomic mass is 16.1. The van der Waals surface area contributed by atoms with Gasteiger partial charge in [0.15, 0.2) is 0 Å². The smallest absolute Gasteiger partial charge is 0.252 e. The fourth-order valence-electron chi connectivity index (χ4n) is 2.77. The second kappa shape index (κ2) is 6.55. The summed E-state index contributed by atoms with van der Waals surface area (Å²) in [4.78, 5) is 15.2. The Kier molecular flexibility index (Phi) is 4.32. The molecule has 2 aromatic rings. The van der Waals surface area contributed by atoms with Crippen LogP contribution in [0.1, 0.15) is 41.3 Å². The molecule has 0 atom stereocenters. The highest BCUT2D eigenvalue weighted by Crippen LogP contribution is 2.16. The van der Waals surface area contributed by atoms with E-state index in [0.29, 0.717) is 5.56 Å². The van der Waals surface area contributed by atoms with Crippen molar-refractivity contribution in [2.24, 2.45) is 5.73 Å². The molecule has 0 aromatic carbocycles. The van der Waals surface area contributed by atoms with Gasteiger partial charge < -0.3 is 15.6 Å². The summed E-state index contributed by atoms with van der Waals surface area (Å²) in [6.45, 7) is 1.77. The SMILES string of the molecule is NC(=O)c1cnccc1NCCCc1nnc2n1CCCC2. The van der Waals surface area contributed by atoms with Crippen LogP contribution in [0.5, 0.6) is 0 Å². The van der Waals surface area contributed by atoms with Crippen LogP contribution < -0.4 is 11.1 Å². The van der Waals surface area contributed by atoms with Crippen molar-refractivity contribution in [3.8, 4) is 0 Å². The molecule has 0 saturated heterocycles. The Labute approximate surface area is 129 Å². The molecule has 1 aliphatic heterocycles. The van der Waals surface area contributed by atoms with Crippen LogP contribution >= 0.6 is 0 Å². The van der Waals surface area contributed by atoms with Crippen molar-refractivity contribution in [3.05, 3.63) is 35.7 Å². The van der Waals surface area contributed by atoms with E-state index in [1.807, 2.05) is 0 Å². The lowest BCUT2D eigenvalue weighted by Crippen LogP contribution is -2.16. The average molecular weight is 300 g/mol. The van der Waals surface area contributed by atoms with Gasteiger partial charge in [0.05, 0.1) is 11.3 Å². The minimum absolute atomic E-state index is 0.419. The number of carbonyl (C=O) groups is 1. The largest absolute Gasteiger partial charge is 0.384 e. The third-order valence-electron chi connectivity index (χ3n) is 3.92. The van der Waals surface area contributed by atoms with Gasteiger partial charge in [-0.2, -0.15) is 0 Å². The van der Waals surface area contributed by atoms with Crippen LogP contribution in [0.4, 0.5) is 5.69 Å². The molecule has 3 rings (SSSR count). The number of amides is 1. The third kappa shape index (κ3) is 3.08. The Morgan fingerprint density at radius 1 is 1.36 bits per heavy atom. The number of nitrogens with two attached hydrogens (primary N) is 1. The summed E-state index contributed by atoms with van der Waals surface area (Å²) in [5.74, 6) is 1.70. The van der Waals surface area contributed by atoms with Gasteiger partial charge in [0.25, 0.3) is 5.91 Å². The first-order chi connectivity index (χ1) is 10.8. The normalized spacial score (nSPS) is 13.6. The Morgan fingerprint density at radius 2 is 2.27 bits per heavy atom. The topological polar surface area (TPSA) is 98.7 Å². The number of carbonyl (C=O) groups excluding carboxylic acids is 1. The molecule has 3 N–H and O–H groups in total. The summed E-state index contributed by atoms with van der Waals surface area (Å²) >= 11 is 0. The van der Waals surface area contributed by atoms with Crippen LogP contribution in [0.2, 0.25) is 0 Å². The van der Waals surface area contributed by atoms with Crippen LogP contribution in [0.25, 0.3) is 0 Å². The zero-order valence-electron chi connectivity index (χ0n) is 12.5. The van der Waals surface area contributed by atoms with Crippen molar-refractivity contribution in [2.45, 2.75) is 38.6 Å². The molecule has 7 nitrogen and oxygen atoms in total. The number of pyridine rings is 1. The second-order valence-corrected chi connectivity index (χ2v) is 5.46. The summed E-state index contributed by atoms with van der Waals surface area (Å²) in [5.41, 5.74) is 6.48. The first kappa shape index (κ1) is 14.5. The highest BCUT2D eigenvalue weighted by molar-refractivity contribution is 5.98. The number of nitrogens with one attached hydrogen (secondary N) is 1. The maximum atomic E-state index is 11.3. The molecule has 0 unspecified atom stereocenters. The molecule has 0 bridgehead atoms. The molecule has 1 aliphatic rings. The quantitative estimate of drug-likeness (QED) is 0.780. The molecular weight excluding hydrogens is 280 g/mol. The lowest BCUT2D eigenvalue weighted by molar-refractivity contribution is 0.100. The fourth-order valence-corrected chi connectivity index (χ4v) is 2.77. The average Bonchev–Trinajstić information content (AvgIpc) is 2.95. The van der Waals surface area contributed by atoms with E-state index in [4.69, 9.17) is 5.73 Å². The Balaban J connectivity index is 1.54. The summed E-state index contributed by atoms with van der Waals surface area (Å²) in [6.07, 6.45) is 8.36. The standard InChI is InChI=1S/C15H20N6O/c16-15(22)11-10-17-8-6-12(11)18-7-3-5-14-20-19-13-4-1-2-9-21(13)14/h6,8,10H,1-5,7,9H2,(H2,16,22)(H,17,18). The molecule has 0 saturated carbocycles. The minimum atomic E-state index is -0.470. The van der Waals surface area contributed by atoms with Crippen LogP contribution in [0.3, 0.4) is 0 Å². The van der Waals surface area contributed by atoms with E-state index >= 15 is 0 Å². The van der Waals surface area contributed by atoms with Crippen LogP contribution in [0, 0.1) is 0 Å². The lowest BCUT2D eigenvalue weighted by Gasteiger charge is -2.14. The van der Waals surface area contributed by atoms with Crippen molar-refractivity contribution < 1.29 is 4.79 Å². The van der Waals surface area contributed by atoms with E-state index < -0.39 is 5.91 Å². The van der Waals surface area contributed by atoms with Gasteiger partial charge in [0.1, 0.15) is 11.6 Å². The van der Waals surface area contributed by atoms with E-state index in [1.165, 1.54) is 19.0 Å². The number of nitrogens with zero attached hydrogens (tertiary/aromatic N) is 4. The first-order valence-corrected chi connectivity index (χ1v) is 7.64. The zero-order valence-corrected chi connectivity index (χ0v) is 12.5. The number of fused-ring (bicyclic) bond motifs is 1. The van der Waals surface area contributed by atoms with Gasteiger partial charge in [-0.15, -0.1) is 10.2 Å². The number of aromatic nitrogens is 4. The molecule has 0 radical (unpaired) electrons. The molecular formula is C15H20N6O. The van der Waals surface area contributed by atoms with Gasteiger partial charge in [-0.1, -0.05) is 0 Å². The van der Waals surface area contributed by atoms with Crippen LogP contribution in [-0.2, 0) is 19.4 Å². The Bertz CT molecular complexity index is 666. The molecule has 0 spiro atoms. The lowest BCUT2D eigenvalue weighted by atomic mass is 10.1. The maximum Gasteiger partial charge on any atom is 0.252 e. The minimum Gasteiger partial charge on any atom is -0.384 e. The fraction of sp³-hybridized carbons (Fsp3) is 0.467. The van der Waals surface area contributed by atoms with Crippen molar-refractivity contribution in [1.29, 1.82) is 0 Å². The first-order valence-electron chi connectivity index (χ1n) is 7.64. The van der Waals surface area contributed by atoms with Gasteiger partial charge in [-0.3, -0.25) is 9.78 Å². The summed E-state index contributed by atoms with van der Waals surface area (Å²) in [5, 5.41) is 11.8. The van der Waals surface area contributed by atoms with Crippen molar-refractivity contribution in [1.82, 2.24) is 19.7 Å². The van der Waals surface area contributed by atoms with E-state index in [2.05, 4.69) is 25.1 Å². The number of primary amides is 1. The number of aryl methyl sites for hydroxylation is 2. The summed E-state index contributed by atoms with van der Waals surface area (Å²) < 4.78 is 2.24. The van der Waals surface area contributed by atoms with Gasteiger partial charge in [0, 0.05) is 38.3 Å². The molecule has 7 heteroatoms. The highest BCUT2D eigenvalue weighted by Gasteiger charge is 2.15. The Morgan fingerprint density at radius 3 is 3.14 bits per heavy atom. The van der Waals surface area contributed by atoms with E-state index in [1.54, 1.807) is 12.3 Å². The Hall–Kier alpha value is -2.44. The van der Waals surface area contributed by atoms with Gasteiger partial charge in [-0.25, -0.2) is 0 Å². The number of anilines is 1. The summed E-state index contributed by atoms with van der Waals surface area (Å²) in [6, 6.07) is 1.76. The van der Waals surface area contributed by atoms with Gasteiger partial charge in [0.2, 0.25) is 0 Å². The number of hydrogen-bond donors (Lipinski definition) is 2. The molecule has 3 heterocycles. The van der Waals surface area contributed by atoms with E-state index in [9.17, 15) is 4.79 Å². The molecule has 0 fully saturated rings. The number of rotatable bonds is 6. The molecule has 22 heavy (non-hydrogen) atoms. The zero-order chi connectivity index (χ0) is 15.4. The van der Waals surface area contributed by atoms with Crippen molar-refractivity contribution in [2.75, 3.05) is 11.9 Å². The summed E-state index contributed by atoms with van der Waals surface area (Å²) in [7, 11) is 0. The molecule has 1 amide bonds. The molecule has 116 valence electrons. The molecule has 2 aromatic heterocycles. The second-order valence-electron chi connectivity index (χ2n) is 5.46. The van der Waals surface area contributed by atoms with Crippen LogP contribution in [-0.4, -0.2) is 32.2 Å².